The van der Waals surface area contributed by atoms with Crippen LogP contribution in [0.2, 0.25) is 0 Å². The summed E-state index contributed by atoms with van der Waals surface area (Å²) >= 11 is 0. The number of rotatable bonds is 6. The second-order valence-electron chi connectivity index (χ2n) is 5.89. The molecule has 0 unspecified atom stereocenters. The Balaban J connectivity index is 1.87. The van der Waals surface area contributed by atoms with Crippen LogP contribution in [0.25, 0.3) is 0 Å². The largest absolute Gasteiger partial charge is 0.495 e. The molecule has 8 nitrogen and oxygen atoms in total. The average Bonchev–Trinajstić information content (AvgIpc) is 3.45. The van der Waals surface area contributed by atoms with Crippen molar-refractivity contribution in [2.75, 3.05) is 17.7 Å². The molecular formula is C18H16N4O4. The van der Waals surface area contributed by atoms with E-state index in [0.29, 0.717) is 22.7 Å². The first-order valence-corrected chi connectivity index (χ1v) is 7.96. The second kappa shape index (κ2) is 7.11. The predicted octanol–water partition coefficient (Wildman–Crippen LogP) is 3.30. The lowest BCUT2D eigenvalue weighted by molar-refractivity contribution is -0.384. The van der Waals surface area contributed by atoms with Crippen LogP contribution >= 0.6 is 0 Å². The fourth-order valence-corrected chi connectivity index (χ4v) is 2.46. The number of carbonyl (C=O) groups excluding carboxylic acids is 1. The predicted molar refractivity (Wildman–Crippen MR) is 95.4 cm³/mol. The number of methoxy groups -OCH3 is 1. The van der Waals surface area contributed by atoms with Crippen molar-refractivity contribution in [3.63, 3.8) is 0 Å². The Bertz CT molecular complexity index is 916. The maximum Gasteiger partial charge on any atom is 0.293 e. The van der Waals surface area contributed by atoms with E-state index in [1.165, 1.54) is 31.4 Å². The molecule has 3 rings (SSSR count). The first-order valence-electron chi connectivity index (χ1n) is 7.96. The first-order chi connectivity index (χ1) is 12.5. The number of nitro benzene ring substituents is 1. The summed E-state index contributed by atoms with van der Waals surface area (Å²) in [6, 6.07) is 11.1. The van der Waals surface area contributed by atoms with Gasteiger partial charge in [0.15, 0.2) is 0 Å². The van der Waals surface area contributed by atoms with E-state index < -0.39 is 10.8 Å². The monoisotopic (exact) mass is 352 g/mol. The summed E-state index contributed by atoms with van der Waals surface area (Å²) in [4.78, 5) is 23.3. The number of amides is 1. The normalized spacial score (nSPS) is 12.8. The van der Waals surface area contributed by atoms with Gasteiger partial charge >= 0.3 is 0 Å². The van der Waals surface area contributed by atoms with E-state index in [1.807, 2.05) is 6.07 Å². The lowest BCUT2D eigenvalue weighted by atomic mass is 10.1. The van der Waals surface area contributed by atoms with Crippen molar-refractivity contribution in [1.29, 1.82) is 5.26 Å². The van der Waals surface area contributed by atoms with E-state index in [4.69, 9.17) is 10.00 Å². The first kappa shape index (κ1) is 17.2. The van der Waals surface area contributed by atoms with Crippen molar-refractivity contribution in [1.82, 2.24) is 0 Å². The SMILES string of the molecule is COc1ccc(C#N)cc1NC(=O)c1ccc(NC2CC2)c([N+](=O)[O-])c1. The molecule has 0 aliphatic heterocycles. The van der Waals surface area contributed by atoms with Crippen molar-refractivity contribution in [3.8, 4) is 11.8 Å². The Morgan fingerprint density at radius 3 is 2.65 bits per heavy atom. The summed E-state index contributed by atoms with van der Waals surface area (Å²) in [6.45, 7) is 0. The third kappa shape index (κ3) is 3.72. The van der Waals surface area contributed by atoms with Gasteiger partial charge in [-0.2, -0.15) is 5.26 Å². The number of nitriles is 1. The molecule has 1 amide bonds. The number of nitro groups is 1. The van der Waals surface area contributed by atoms with Gasteiger partial charge in [0.1, 0.15) is 11.4 Å². The fraction of sp³-hybridized carbons (Fsp3) is 0.222. The molecule has 0 radical (unpaired) electrons. The van der Waals surface area contributed by atoms with Gasteiger partial charge in [-0.25, -0.2) is 0 Å². The number of anilines is 2. The highest BCUT2D eigenvalue weighted by molar-refractivity contribution is 6.06. The number of nitrogens with zero attached hydrogens (tertiary/aromatic N) is 2. The summed E-state index contributed by atoms with van der Waals surface area (Å²) in [5.74, 6) is -0.140. The number of hydrogen-bond donors (Lipinski definition) is 2. The molecule has 1 saturated carbocycles. The van der Waals surface area contributed by atoms with Crippen molar-refractivity contribution < 1.29 is 14.5 Å². The smallest absolute Gasteiger partial charge is 0.293 e. The minimum atomic E-state index is -0.528. The molecule has 26 heavy (non-hydrogen) atoms. The zero-order chi connectivity index (χ0) is 18.7. The molecule has 2 aromatic rings. The standard InChI is InChI=1S/C18H16N4O4/c1-26-17-7-2-11(10-19)8-15(17)21-18(23)12-3-6-14(20-13-4-5-13)16(9-12)22(24)25/h2-3,6-9,13,20H,4-5H2,1H3,(H,21,23). The summed E-state index contributed by atoms with van der Waals surface area (Å²) in [5.41, 5.74) is 1.07. The molecule has 8 heteroatoms. The highest BCUT2D eigenvalue weighted by Gasteiger charge is 2.25. The van der Waals surface area contributed by atoms with E-state index in [9.17, 15) is 14.9 Å². The Hall–Kier alpha value is -3.60. The quantitative estimate of drug-likeness (QED) is 0.608. The molecule has 0 aromatic heterocycles. The van der Waals surface area contributed by atoms with Crippen LogP contribution in [0.5, 0.6) is 5.75 Å². The molecular weight excluding hydrogens is 336 g/mol. The number of nitrogens with one attached hydrogen (secondary N) is 2. The van der Waals surface area contributed by atoms with E-state index in [-0.39, 0.29) is 17.3 Å². The van der Waals surface area contributed by atoms with Crippen LogP contribution < -0.4 is 15.4 Å². The highest BCUT2D eigenvalue weighted by atomic mass is 16.6. The summed E-state index contributed by atoms with van der Waals surface area (Å²) in [7, 11) is 1.44. The number of carbonyl (C=O) groups is 1. The number of ether oxygens (including phenoxy) is 1. The van der Waals surface area contributed by atoms with Gasteiger partial charge in [0.2, 0.25) is 0 Å². The Morgan fingerprint density at radius 2 is 2.04 bits per heavy atom. The van der Waals surface area contributed by atoms with Crippen LogP contribution in [0.1, 0.15) is 28.8 Å². The Morgan fingerprint density at radius 1 is 1.27 bits per heavy atom. The van der Waals surface area contributed by atoms with E-state index in [1.54, 1.807) is 12.1 Å². The summed E-state index contributed by atoms with van der Waals surface area (Å²) in [5, 5.41) is 26.0. The third-order valence-corrected chi connectivity index (χ3v) is 3.97. The van der Waals surface area contributed by atoms with Crippen LogP contribution in [0, 0.1) is 21.4 Å². The van der Waals surface area contributed by atoms with Crippen molar-refractivity contribution >= 4 is 23.0 Å². The molecule has 2 N–H and O–H groups in total. The second-order valence-corrected chi connectivity index (χ2v) is 5.89. The van der Waals surface area contributed by atoms with Crippen LogP contribution in [-0.4, -0.2) is 24.0 Å². The maximum atomic E-state index is 12.5. The minimum absolute atomic E-state index is 0.141. The molecule has 0 spiro atoms. The van der Waals surface area contributed by atoms with Gasteiger partial charge in [0.25, 0.3) is 11.6 Å². The third-order valence-electron chi connectivity index (χ3n) is 3.97. The highest BCUT2D eigenvalue weighted by Crippen LogP contribution is 2.32. The van der Waals surface area contributed by atoms with Gasteiger partial charge in [0, 0.05) is 17.7 Å². The van der Waals surface area contributed by atoms with Gasteiger partial charge in [-0.05, 0) is 43.2 Å². The minimum Gasteiger partial charge on any atom is -0.495 e. The molecule has 0 heterocycles. The molecule has 1 fully saturated rings. The molecule has 1 aliphatic carbocycles. The van der Waals surface area contributed by atoms with Crippen LogP contribution in [0.15, 0.2) is 36.4 Å². The van der Waals surface area contributed by atoms with Crippen molar-refractivity contribution in [3.05, 3.63) is 57.6 Å². The van der Waals surface area contributed by atoms with Crippen LogP contribution in [0.4, 0.5) is 17.1 Å². The molecule has 2 aromatic carbocycles. The summed E-state index contributed by atoms with van der Waals surface area (Å²) < 4.78 is 5.17. The number of hydrogen-bond acceptors (Lipinski definition) is 6. The van der Waals surface area contributed by atoms with Crippen molar-refractivity contribution in [2.24, 2.45) is 0 Å². The van der Waals surface area contributed by atoms with Crippen LogP contribution in [0.3, 0.4) is 0 Å². The molecule has 0 bridgehead atoms. The Kier molecular flexibility index (Phi) is 4.71. The van der Waals surface area contributed by atoms with Gasteiger partial charge in [-0.15, -0.1) is 0 Å². The average molecular weight is 352 g/mol. The zero-order valence-electron chi connectivity index (χ0n) is 14.0. The summed E-state index contributed by atoms with van der Waals surface area (Å²) in [6.07, 6.45) is 1.96. The van der Waals surface area contributed by atoms with Gasteiger partial charge in [-0.3, -0.25) is 14.9 Å². The van der Waals surface area contributed by atoms with E-state index in [2.05, 4.69) is 10.6 Å². The van der Waals surface area contributed by atoms with Gasteiger partial charge in [-0.1, -0.05) is 0 Å². The topological polar surface area (TPSA) is 117 Å². The maximum absolute atomic E-state index is 12.5. The molecule has 0 atom stereocenters. The molecule has 132 valence electrons. The van der Waals surface area contributed by atoms with E-state index >= 15 is 0 Å². The lowest BCUT2D eigenvalue weighted by Gasteiger charge is -2.11. The molecule has 0 saturated heterocycles. The molecule has 1 aliphatic rings. The lowest BCUT2D eigenvalue weighted by Crippen LogP contribution is -2.14. The van der Waals surface area contributed by atoms with E-state index in [0.717, 1.165) is 12.8 Å². The van der Waals surface area contributed by atoms with Crippen LogP contribution in [-0.2, 0) is 0 Å². The van der Waals surface area contributed by atoms with Gasteiger partial charge in [0.05, 0.1) is 29.4 Å². The fourth-order valence-electron chi connectivity index (χ4n) is 2.46. The van der Waals surface area contributed by atoms with Gasteiger partial charge < -0.3 is 15.4 Å². The Labute approximate surface area is 149 Å². The van der Waals surface area contributed by atoms with Crippen molar-refractivity contribution in [2.45, 2.75) is 18.9 Å². The number of benzene rings is 2. The zero-order valence-corrected chi connectivity index (χ0v) is 14.0.